The minimum Gasteiger partial charge on any atom is -0.467 e. The van der Waals surface area contributed by atoms with E-state index in [0.29, 0.717) is 12.8 Å². The molecule has 2 aliphatic rings. The highest BCUT2D eigenvalue weighted by atomic mass is 16.6. The van der Waals surface area contributed by atoms with Gasteiger partial charge in [0.2, 0.25) is 11.8 Å². The Morgan fingerprint density at radius 1 is 1.07 bits per heavy atom. The van der Waals surface area contributed by atoms with Crippen LogP contribution in [0.25, 0.3) is 0 Å². The number of carbonyl (C=O) groups is 4. The molecule has 1 saturated carbocycles. The highest BCUT2D eigenvalue weighted by Crippen LogP contribution is 2.32. The molecule has 234 valence electrons. The van der Waals surface area contributed by atoms with Crippen molar-refractivity contribution < 1.29 is 33.8 Å². The third kappa shape index (κ3) is 8.69. The average molecular weight is 588 g/mol. The van der Waals surface area contributed by atoms with Gasteiger partial charge in [-0.25, -0.2) is 9.59 Å². The van der Waals surface area contributed by atoms with Crippen molar-refractivity contribution in [3.63, 3.8) is 0 Å². The molecule has 0 bridgehead atoms. The largest absolute Gasteiger partial charge is 0.467 e. The zero-order valence-corrected chi connectivity index (χ0v) is 25.9. The van der Waals surface area contributed by atoms with Gasteiger partial charge in [0.25, 0.3) is 0 Å². The lowest BCUT2D eigenvalue weighted by atomic mass is 9.83. The summed E-state index contributed by atoms with van der Waals surface area (Å²) in [7, 11) is 1.20. The van der Waals surface area contributed by atoms with E-state index in [-0.39, 0.29) is 18.3 Å². The smallest absolute Gasteiger partial charge is 0.411 e. The van der Waals surface area contributed by atoms with Crippen molar-refractivity contribution in [2.75, 3.05) is 7.11 Å². The van der Waals surface area contributed by atoms with Crippen LogP contribution in [0.4, 0.5) is 4.79 Å². The van der Waals surface area contributed by atoms with Gasteiger partial charge in [0.15, 0.2) is 6.10 Å². The summed E-state index contributed by atoms with van der Waals surface area (Å²) in [5.41, 5.74) is 0.0677. The second-order valence-corrected chi connectivity index (χ2v) is 12.8. The van der Waals surface area contributed by atoms with E-state index >= 15 is 0 Å². The van der Waals surface area contributed by atoms with E-state index in [9.17, 15) is 24.3 Å². The molecule has 1 aromatic rings. The van der Waals surface area contributed by atoms with Crippen molar-refractivity contribution in [1.82, 2.24) is 15.5 Å². The molecule has 0 radical (unpaired) electrons. The Morgan fingerprint density at radius 3 is 2.26 bits per heavy atom. The Bertz CT molecular complexity index is 1070. The summed E-state index contributed by atoms with van der Waals surface area (Å²) >= 11 is 0. The normalized spacial score (nSPS) is 21.7. The number of benzene rings is 1. The van der Waals surface area contributed by atoms with Crippen LogP contribution in [0.2, 0.25) is 0 Å². The summed E-state index contributed by atoms with van der Waals surface area (Å²) in [5, 5.41) is 16.5. The number of cyclic esters (lactones) is 1. The van der Waals surface area contributed by atoms with Crippen LogP contribution in [0.15, 0.2) is 30.3 Å². The Labute approximate surface area is 249 Å². The van der Waals surface area contributed by atoms with Crippen LogP contribution in [-0.4, -0.2) is 76.9 Å². The molecule has 1 aliphatic heterocycles. The molecule has 0 spiro atoms. The zero-order chi connectivity index (χ0) is 31.0. The number of aliphatic hydroxyl groups is 1. The molecule has 10 nitrogen and oxygen atoms in total. The lowest BCUT2D eigenvalue weighted by Crippen LogP contribution is -2.59. The van der Waals surface area contributed by atoms with Gasteiger partial charge in [-0.15, -0.1) is 0 Å². The maximum absolute atomic E-state index is 14.0. The third-order valence-corrected chi connectivity index (χ3v) is 8.70. The Morgan fingerprint density at radius 2 is 1.71 bits per heavy atom. The fraction of sp³-hybridized carbons (Fsp3) is 0.688. The minimum absolute atomic E-state index is 0.0468. The summed E-state index contributed by atoms with van der Waals surface area (Å²) in [6, 6.07) is 6.28. The summed E-state index contributed by atoms with van der Waals surface area (Å²) in [6.07, 6.45) is 4.13. The maximum atomic E-state index is 14.0. The second-order valence-electron chi connectivity index (χ2n) is 12.8. The molecule has 1 aromatic carbocycles. The monoisotopic (exact) mass is 587 g/mol. The predicted molar refractivity (Wildman–Crippen MR) is 158 cm³/mol. The highest BCUT2D eigenvalue weighted by molar-refractivity contribution is 5.92. The van der Waals surface area contributed by atoms with Crippen LogP contribution >= 0.6 is 0 Å². The first kappa shape index (κ1) is 33.4. The molecular formula is C32H49N3O7. The summed E-state index contributed by atoms with van der Waals surface area (Å²) < 4.78 is 10.4. The van der Waals surface area contributed by atoms with E-state index in [1.165, 1.54) is 12.0 Å². The lowest BCUT2D eigenvalue weighted by Gasteiger charge is -2.33. The first-order valence-corrected chi connectivity index (χ1v) is 15.3. The second kappa shape index (κ2) is 14.8. The number of hydrogen-bond donors (Lipinski definition) is 3. The Hall–Kier alpha value is -3.14. The maximum Gasteiger partial charge on any atom is 0.411 e. The number of hydrogen-bond acceptors (Lipinski definition) is 7. The number of nitrogens with zero attached hydrogens (tertiary/aromatic N) is 1. The molecule has 42 heavy (non-hydrogen) atoms. The lowest BCUT2D eigenvalue weighted by molar-refractivity contribution is -0.153. The van der Waals surface area contributed by atoms with Crippen LogP contribution in [0, 0.1) is 11.8 Å². The first-order valence-electron chi connectivity index (χ1n) is 15.3. The molecule has 1 saturated heterocycles. The number of esters is 1. The van der Waals surface area contributed by atoms with Gasteiger partial charge in [-0.1, -0.05) is 76.3 Å². The van der Waals surface area contributed by atoms with Crippen molar-refractivity contribution >= 4 is 23.9 Å². The van der Waals surface area contributed by atoms with E-state index < -0.39 is 59.7 Å². The number of nitrogens with one attached hydrogen (secondary N) is 2. The van der Waals surface area contributed by atoms with Gasteiger partial charge in [0, 0.05) is 6.42 Å². The van der Waals surface area contributed by atoms with E-state index in [2.05, 4.69) is 10.6 Å². The Balaban J connectivity index is 1.85. The minimum atomic E-state index is -1.52. The topological polar surface area (TPSA) is 134 Å². The quantitative estimate of drug-likeness (QED) is 0.299. The molecular weight excluding hydrogens is 538 g/mol. The van der Waals surface area contributed by atoms with Gasteiger partial charge < -0.3 is 25.2 Å². The number of rotatable bonds is 13. The fourth-order valence-corrected chi connectivity index (χ4v) is 6.00. The summed E-state index contributed by atoms with van der Waals surface area (Å²) in [6.45, 7) is 9.35. The SMILES string of the molecule is COC(=O)C(O)[C@H](CC1CCCCC1)NC(=O)C(CC(C)C)NC(=O)[C@H](Cc1ccccc1)N1C(=O)OC(C)(C)C1C. The van der Waals surface area contributed by atoms with Crippen LogP contribution < -0.4 is 10.6 Å². The molecule has 1 heterocycles. The molecule has 1 aliphatic carbocycles. The van der Waals surface area contributed by atoms with Gasteiger partial charge in [0.1, 0.15) is 17.7 Å². The molecule has 10 heteroatoms. The van der Waals surface area contributed by atoms with Crippen LogP contribution in [0.5, 0.6) is 0 Å². The van der Waals surface area contributed by atoms with Crippen molar-refractivity contribution in [3.05, 3.63) is 35.9 Å². The molecule has 2 fully saturated rings. The van der Waals surface area contributed by atoms with E-state index in [4.69, 9.17) is 9.47 Å². The summed E-state index contributed by atoms with van der Waals surface area (Å²) in [4.78, 5) is 54.4. The average Bonchev–Trinajstić information content (AvgIpc) is 3.16. The number of aliphatic hydroxyl groups excluding tert-OH is 1. The van der Waals surface area contributed by atoms with E-state index in [0.717, 1.165) is 37.7 Å². The van der Waals surface area contributed by atoms with Gasteiger partial charge in [-0.3, -0.25) is 14.5 Å². The van der Waals surface area contributed by atoms with Crippen LogP contribution in [0.3, 0.4) is 0 Å². The molecule has 3 unspecified atom stereocenters. The standard InChI is InChI=1S/C32H49N3O7/c1-20(2)17-25(28(37)33-24(27(36)30(39)41-6)18-22-13-9-7-10-14-22)34-29(38)26(19-23-15-11-8-12-16-23)35-21(3)32(4,5)42-31(35)40/h8,11-12,15-16,20-22,24-27,36H,7,9-10,13-14,17-19H2,1-6H3,(H,33,37)(H,34,38)/t21?,24-,25?,26-,27?/m0/s1. The zero-order valence-electron chi connectivity index (χ0n) is 25.9. The number of methoxy groups -OCH3 is 1. The van der Waals surface area contributed by atoms with Gasteiger partial charge >= 0.3 is 12.1 Å². The molecule has 3 amide bonds. The molecule has 0 aromatic heterocycles. The fourth-order valence-electron chi connectivity index (χ4n) is 6.00. The van der Waals surface area contributed by atoms with Crippen LogP contribution in [-0.2, 0) is 30.3 Å². The highest BCUT2D eigenvalue weighted by Gasteiger charge is 2.50. The van der Waals surface area contributed by atoms with Crippen molar-refractivity contribution in [3.8, 4) is 0 Å². The van der Waals surface area contributed by atoms with Gasteiger partial charge in [-0.05, 0) is 51.0 Å². The van der Waals surface area contributed by atoms with E-state index in [1.54, 1.807) is 13.8 Å². The molecule has 5 atom stereocenters. The van der Waals surface area contributed by atoms with Crippen LogP contribution in [0.1, 0.15) is 85.1 Å². The predicted octanol–water partition coefficient (Wildman–Crippen LogP) is 3.74. The van der Waals surface area contributed by atoms with Crippen molar-refractivity contribution in [2.24, 2.45) is 11.8 Å². The van der Waals surface area contributed by atoms with Gasteiger partial charge in [-0.2, -0.15) is 0 Å². The van der Waals surface area contributed by atoms with Crippen molar-refractivity contribution in [2.45, 2.75) is 122 Å². The number of amides is 3. The Kier molecular flexibility index (Phi) is 11.8. The summed E-state index contributed by atoms with van der Waals surface area (Å²) in [5.74, 6) is -1.46. The number of ether oxygens (including phenoxy) is 2. The third-order valence-electron chi connectivity index (χ3n) is 8.70. The number of carbonyl (C=O) groups excluding carboxylic acids is 4. The first-order chi connectivity index (χ1) is 19.8. The van der Waals surface area contributed by atoms with Gasteiger partial charge in [0.05, 0.1) is 19.2 Å². The molecule has 3 N–H and O–H groups in total. The van der Waals surface area contributed by atoms with E-state index in [1.807, 2.05) is 51.1 Å². The molecule has 3 rings (SSSR count). The van der Waals surface area contributed by atoms with Crippen molar-refractivity contribution in [1.29, 1.82) is 0 Å².